The van der Waals surface area contributed by atoms with E-state index in [2.05, 4.69) is 6.92 Å². The minimum absolute atomic E-state index is 0.362. The number of hydrogen-bond acceptors (Lipinski definition) is 2. The largest absolute Gasteiger partial charge is 0.378 e. The van der Waals surface area contributed by atoms with Crippen molar-refractivity contribution in [2.75, 3.05) is 6.61 Å². The summed E-state index contributed by atoms with van der Waals surface area (Å²) in [6, 6.07) is 0.413. The van der Waals surface area contributed by atoms with Gasteiger partial charge in [-0.25, -0.2) is 0 Å². The van der Waals surface area contributed by atoms with Crippen molar-refractivity contribution >= 4 is 0 Å². The molecular formula is C16H31NO. The molecule has 2 fully saturated rings. The third kappa shape index (κ3) is 3.08. The second-order valence-electron chi connectivity index (χ2n) is 6.41. The van der Waals surface area contributed by atoms with Gasteiger partial charge in [0.15, 0.2) is 0 Å². The zero-order valence-electron chi connectivity index (χ0n) is 12.1. The van der Waals surface area contributed by atoms with Crippen molar-refractivity contribution in [3.8, 4) is 0 Å². The van der Waals surface area contributed by atoms with E-state index in [1.807, 2.05) is 0 Å². The Kier molecular flexibility index (Phi) is 5.50. The van der Waals surface area contributed by atoms with Crippen molar-refractivity contribution in [2.24, 2.45) is 11.1 Å². The van der Waals surface area contributed by atoms with Crippen LogP contribution >= 0.6 is 0 Å². The first-order chi connectivity index (χ1) is 8.79. The molecule has 106 valence electrons. The fraction of sp³-hybridized carbons (Fsp3) is 1.00. The topological polar surface area (TPSA) is 35.2 Å². The second-order valence-corrected chi connectivity index (χ2v) is 6.41. The lowest BCUT2D eigenvalue weighted by molar-refractivity contribution is -0.134. The Morgan fingerprint density at radius 1 is 1.06 bits per heavy atom. The molecule has 0 aromatic heterocycles. The maximum Gasteiger partial charge on any atom is 0.0661 e. The molecule has 0 amide bonds. The van der Waals surface area contributed by atoms with Crippen LogP contribution in [-0.4, -0.2) is 18.8 Å². The van der Waals surface area contributed by atoms with Gasteiger partial charge in [-0.2, -0.15) is 0 Å². The highest BCUT2D eigenvalue weighted by Crippen LogP contribution is 2.51. The fourth-order valence-electron chi connectivity index (χ4n) is 3.85. The van der Waals surface area contributed by atoms with Gasteiger partial charge >= 0.3 is 0 Å². The third-order valence-corrected chi connectivity index (χ3v) is 5.20. The summed E-state index contributed by atoms with van der Waals surface area (Å²) in [6.07, 6.45) is 14.9. The molecule has 2 heteroatoms. The standard InChI is InChI=1S/C16H31NO/c1-2-3-4-9-12-18-15-13-14(17)16(15)10-7-5-6-8-11-16/h14-15H,2-13,17H2,1H3. The molecule has 0 aromatic rings. The summed E-state index contributed by atoms with van der Waals surface area (Å²) in [5.41, 5.74) is 6.68. The minimum Gasteiger partial charge on any atom is -0.378 e. The molecule has 0 heterocycles. The van der Waals surface area contributed by atoms with Crippen LogP contribution in [0.2, 0.25) is 0 Å². The average molecular weight is 253 g/mol. The first kappa shape index (κ1) is 14.3. The van der Waals surface area contributed by atoms with Crippen molar-refractivity contribution in [2.45, 2.75) is 89.7 Å². The first-order valence-electron chi connectivity index (χ1n) is 8.17. The van der Waals surface area contributed by atoms with Gasteiger partial charge in [0.05, 0.1) is 6.10 Å². The first-order valence-corrected chi connectivity index (χ1v) is 8.17. The van der Waals surface area contributed by atoms with Gasteiger partial charge < -0.3 is 10.5 Å². The number of ether oxygens (including phenoxy) is 1. The molecular weight excluding hydrogens is 222 g/mol. The van der Waals surface area contributed by atoms with Gasteiger partial charge in [-0.15, -0.1) is 0 Å². The van der Waals surface area contributed by atoms with E-state index in [9.17, 15) is 0 Å². The Balaban J connectivity index is 1.74. The van der Waals surface area contributed by atoms with Gasteiger partial charge in [0, 0.05) is 18.1 Å². The zero-order chi connectivity index (χ0) is 12.8. The monoisotopic (exact) mass is 253 g/mol. The molecule has 0 aliphatic heterocycles. The van der Waals surface area contributed by atoms with Crippen molar-refractivity contribution in [3.05, 3.63) is 0 Å². The van der Waals surface area contributed by atoms with Gasteiger partial charge in [-0.1, -0.05) is 51.9 Å². The van der Waals surface area contributed by atoms with Gasteiger partial charge in [0.1, 0.15) is 0 Å². The molecule has 2 atom stereocenters. The van der Waals surface area contributed by atoms with Gasteiger partial charge in [0.2, 0.25) is 0 Å². The minimum atomic E-state index is 0.362. The lowest BCUT2D eigenvalue weighted by atomic mass is 9.58. The van der Waals surface area contributed by atoms with E-state index < -0.39 is 0 Å². The van der Waals surface area contributed by atoms with Crippen LogP contribution in [0.1, 0.15) is 77.6 Å². The van der Waals surface area contributed by atoms with Gasteiger partial charge in [-0.3, -0.25) is 0 Å². The number of nitrogens with two attached hydrogens (primary N) is 1. The molecule has 0 bridgehead atoms. The van der Waals surface area contributed by atoms with Crippen molar-refractivity contribution in [3.63, 3.8) is 0 Å². The maximum absolute atomic E-state index is 6.32. The molecule has 2 aliphatic rings. The van der Waals surface area contributed by atoms with Crippen LogP contribution in [0.3, 0.4) is 0 Å². The normalized spacial score (nSPS) is 31.0. The number of unbranched alkanes of at least 4 members (excludes halogenated alkanes) is 3. The van der Waals surface area contributed by atoms with Crippen LogP contribution in [-0.2, 0) is 4.74 Å². The summed E-state index contributed by atoms with van der Waals surface area (Å²) in [5, 5.41) is 0. The Hall–Kier alpha value is -0.0800. The van der Waals surface area contributed by atoms with Crippen LogP contribution in [0.4, 0.5) is 0 Å². The molecule has 0 aromatic carbocycles. The number of rotatable bonds is 6. The third-order valence-electron chi connectivity index (χ3n) is 5.20. The highest BCUT2D eigenvalue weighted by Gasteiger charge is 2.53. The lowest BCUT2D eigenvalue weighted by Crippen LogP contribution is -2.62. The molecule has 2 N–H and O–H groups in total. The summed E-state index contributed by atoms with van der Waals surface area (Å²) in [7, 11) is 0. The Bertz CT molecular complexity index is 233. The molecule has 2 saturated carbocycles. The maximum atomic E-state index is 6.32. The van der Waals surface area contributed by atoms with Crippen LogP contribution in [0.25, 0.3) is 0 Å². The Labute approximate surface area is 113 Å². The van der Waals surface area contributed by atoms with E-state index in [-0.39, 0.29) is 0 Å². The molecule has 2 rings (SSSR count). The highest BCUT2D eigenvalue weighted by atomic mass is 16.5. The molecule has 2 nitrogen and oxygen atoms in total. The molecule has 0 saturated heterocycles. The van der Waals surface area contributed by atoms with Gasteiger partial charge in [0.25, 0.3) is 0 Å². The van der Waals surface area contributed by atoms with Crippen LogP contribution in [0, 0.1) is 5.41 Å². The summed E-state index contributed by atoms with van der Waals surface area (Å²) < 4.78 is 6.16. The van der Waals surface area contributed by atoms with E-state index >= 15 is 0 Å². The van der Waals surface area contributed by atoms with Gasteiger partial charge in [-0.05, 0) is 25.7 Å². The fourth-order valence-corrected chi connectivity index (χ4v) is 3.85. The second kappa shape index (κ2) is 6.91. The van der Waals surface area contributed by atoms with E-state index in [0.29, 0.717) is 17.6 Å². The smallest absolute Gasteiger partial charge is 0.0661 e. The van der Waals surface area contributed by atoms with E-state index in [0.717, 1.165) is 13.0 Å². The molecule has 18 heavy (non-hydrogen) atoms. The molecule has 2 unspecified atom stereocenters. The van der Waals surface area contributed by atoms with Crippen LogP contribution in [0.5, 0.6) is 0 Å². The molecule has 2 aliphatic carbocycles. The predicted octanol–water partition coefficient (Wildman–Crippen LogP) is 4.02. The molecule has 1 spiro atoms. The zero-order valence-corrected chi connectivity index (χ0v) is 12.1. The SMILES string of the molecule is CCCCCCOC1CC(N)C12CCCCCC2. The summed E-state index contributed by atoms with van der Waals surface area (Å²) in [5.74, 6) is 0. The van der Waals surface area contributed by atoms with Crippen molar-refractivity contribution in [1.82, 2.24) is 0 Å². The molecule has 0 radical (unpaired) electrons. The van der Waals surface area contributed by atoms with E-state index in [4.69, 9.17) is 10.5 Å². The van der Waals surface area contributed by atoms with Crippen molar-refractivity contribution < 1.29 is 4.74 Å². The van der Waals surface area contributed by atoms with Crippen LogP contribution < -0.4 is 5.73 Å². The highest BCUT2D eigenvalue weighted by molar-refractivity contribution is 5.06. The van der Waals surface area contributed by atoms with E-state index in [1.165, 1.54) is 64.2 Å². The summed E-state index contributed by atoms with van der Waals surface area (Å²) in [4.78, 5) is 0. The Morgan fingerprint density at radius 2 is 1.78 bits per heavy atom. The van der Waals surface area contributed by atoms with Crippen LogP contribution in [0.15, 0.2) is 0 Å². The quantitative estimate of drug-likeness (QED) is 0.726. The van der Waals surface area contributed by atoms with Crippen molar-refractivity contribution in [1.29, 1.82) is 0 Å². The Morgan fingerprint density at radius 3 is 2.39 bits per heavy atom. The predicted molar refractivity (Wildman–Crippen MR) is 76.6 cm³/mol. The summed E-state index contributed by atoms with van der Waals surface area (Å²) in [6.45, 7) is 3.21. The lowest BCUT2D eigenvalue weighted by Gasteiger charge is -2.54. The average Bonchev–Trinajstić information content (AvgIpc) is 2.65. The van der Waals surface area contributed by atoms with E-state index in [1.54, 1.807) is 0 Å². The number of hydrogen-bond donors (Lipinski definition) is 1. The summed E-state index contributed by atoms with van der Waals surface area (Å²) >= 11 is 0.